The molecule has 2 rings (SSSR count). The molecule has 1 aromatic carbocycles. The van der Waals surface area contributed by atoms with Crippen LogP contribution < -0.4 is 5.32 Å². The normalized spacial score (nSPS) is 23.4. The summed E-state index contributed by atoms with van der Waals surface area (Å²) in [6, 6.07) is 3.34. The molecule has 1 aliphatic rings. The smallest absolute Gasteiger partial charge is 0.305 e. The van der Waals surface area contributed by atoms with Crippen molar-refractivity contribution in [2.75, 3.05) is 6.61 Å². The number of benzene rings is 1. The first-order valence-electron chi connectivity index (χ1n) is 10.2. The third-order valence-corrected chi connectivity index (χ3v) is 4.60. The van der Waals surface area contributed by atoms with Crippen molar-refractivity contribution in [2.24, 2.45) is 0 Å². The Morgan fingerprint density at radius 1 is 0.943 bits per heavy atom. The quantitative estimate of drug-likeness (QED) is 0.226. The van der Waals surface area contributed by atoms with E-state index in [2.05, 4.69) is 5.32 Å². The lowest BCUT2D eigenvalue weighted by molar-refractivity contribution is -0.384. The fraction of sp³-hybridized carbons (Fsp3) is 0.476. The lowest BCUT2D eigenvalue weighted by Crippen LogP contribution is -2.67. The van der Waals surface area contributed by atoms with Gasteiger partial charge < -0.3 is 29.0 Å². The maximum absolute atomic E-state index is 12.9. The summed E-state index contributed by atoms with van der Waals surface area (Å²) in [5, 5.41) is 13.5. The van der Waals surface area contributed by atoms with Crippen molar-refractivity contribution in [3.8, 4) is 0 Å². The molecule has 1 saturated heterocycles. The molecule has 35 heavy (non-hydrogen) atoms. The molecule has 1 fully saturated rings. The van der Waals surface area contributed by atoms with E-state index in [1.54, 1.807) is 0 Å². The Kier molecular flexibility index (Phi) is 9.22. The van der Waals surface area contributed by atoms with Gasteiger partial charge in [-0.15, -0.1) is 0 Å². The highest BCUT2D eigenvalue weighted by Crippen LogP contribution is 2.28. The van der Waals surface area contributed by atoms with Gasteiger partial charge in [0, 0.05) is 45.4 Å². The standard InChI is InChI=1S/C21H24N2O12/c1-10(24)31-9-16-18(32-11(2)25)19(33-12(3)26)17(21(35-16)34-13(4)27)22-20(28)14-6-5-7-15(8-14)23(29)30/h5-8,16-19,21H,9H2,1-4H3,(H,22,28)/t16-,17+,18+,19-,21-/m0/s1. The molecule has 1 N–H and O–H groups in total. The number of amides is 1. The van der Waals surface area contributed by atoms with Gasteiger partial charge in [-0.25, -0.2) is 0 Å². The zero-order valence-corrected chi connectivity index (χ0v) is 19.2. The monoisotopic (exact) mass is 496 g/mol. The zero-order chi connectivity index (χ0) is 26.3. The summed E-state index contributed by atoms with van der Waals surface area (Å²) in [6.45, 7) is 3.85. The predicted octanol–water partition coefficient (Wildman–Crippen LogP) is 0.408. The Hall–Kier alpha value is -4.07. The molecule has 0 bridgehead atoms. The number of ether oxygens (including phenoxy) is 5. The van der Waals surface area contributed by atoms with E-state index >= 15 is 0 Å². The van der Waals surface area contributed by atoms with Crippen LogP contribution in [-0.2, 0) is 42.9 Å². The number of nitrogens with one attached hydrogen (secondary N) is 1. The van der Waals surface area contributed by atoms with Gasteiger partial charge in [-0.3, -0.25) is 34.1 Å². The highest BCUT2D eigenvalue weighted by Gasteiger charge is 2.52. The van der Waals surface area contributed by atoms with E-state index in [4.69, 9.17) is 23.7 Å². The first kappa shape index (κ1) is 27.2. The lowest BCUT2D eigenvalue weighted by Gasteiger charge is -2.44. The Bertz CT molecular complexity index is 1010. The van der Waals surface area contributed by atoms with Crippen molar-refractivity contribution in [2.45, 2.75) is 58.3 Å². The third kappa shape index (κ3) is 7.74. The van der Waals surface area contributed by atoms with E-state index in [9.17, 15) is 34.1 Å². The van der Waals surface area contributed by atoms with Crippen LogP contribution in [0.1, 0.15) is 38.1 Å². The SMILES string of the molecule is CC(=O)OC[C@@H]1O[C@H](OC(C)=O)[C@H](NC(=O)c2cccc([N+](=O)[O-])c2)[C@H](OC(C)=O)[C@@H]1OC(C)=O. The topological polar surface area (TPSA) is 187 Å². The Morgan fingerprint density at radius 2 is 1.54 bits per heavy atom. The highest BCUT2D eigenvalue weighted by atomic mass is 16.7. The summed E-state index contributed by atoms with van der Waals surface area (Å²) in [5.41, 5.74) is -0.488. The van der Waals surface area contributed by atoms with Gasteiger partial charge in [0.25, 0.3) is 11.6 Å². The Labute approximate surface area is 198 Å². The molecule has 0 saturated carbocycles. The van der Waals surface area contributed by atoms with Crippen LogP contribution in [-0.4, -0.2) is 72.0 Å². The molecule has 0 unspecified atom stereocenters. The summed E-state index contributed by atoms with van der Waals surface area (Å²) < 4.78 is 26.3. The van der Waals surface area contributed by atoms with Crippen LogP contribution in [0.15, 0.2) is 24.3 Å². The molecule has 0 spiro atoms. The summed E-state index contributed by atoms with van der Waals surface area (Å²) in [5.74, 6) is -4.03. The zero-order valence-electron chi connectivity index (χ0n) is 19.2. The third-order valence-electron chi connectivity index (χ3n) is 4.60. The summed E-state index contributed by atoms with van der Waals surface area (Å²) in [4.78, 5) is 70.0. The number of non-ortho nitro benzene ring substituents is 1. The molecule has 1 aliphatic heterocycles. The molecule has 0 aromatic heterocycles. The average Bonchev–Trinajstić information content (AvgIpc) is 2.75. The number of nitrogens with zero attached hydrogens (tertiary/aromatic N) is 1. The maximum atomic E-state index is 12.9. The summed E-state index contributed by atoms with van der Waals surface area (Å²) in [6.07, 6.45) is -5.68. The van der Waals surface area contributed by atoms with Crippen molar-refractivity contribution < 1.29 is 52.6 Å². The van der Waals surface area contributed by atoms with Gasteiger partial charge in [-0.2, -0.15) is 0 Å². The van der Waals surface area contributed by atoms with E-state index < -0.39 is 72.0 Å². The van der Waals surface area contributed by atoms with Gasteiger partial charge in [0.05, 0.1) is 4.92 Å². The van der Waals surface area contributed by atoms with E-state index in [0.29, 0.717) is 0 Å². The number of carbonyl (C=O) groups excluding carboxylic acids is 5. The Morgan fingerprint density at radius 3 is 2.09 bits per heavy atom. The number of nitro benzene ring substituents is 1. The van der Waals surface area contributed by atoms with Gasteiger partial charge in [-0.1, -0.05) is 6.07 Å². The van der Waals surface area contributed by atoms with Gasteiger partial charge >= 0.3 is 23.9 Å². The fourth-order valence-electron chi connectivity index (χ4n) is 3.32. The number of rotatable bonds is 8. The van der Waals surface area contributed by atoms with E-state index in [1.165, 1.54) is 18.2 Å². The largest absolute Gasteiger partial charge is 0.463 e. The van der Waals surface area contributed by atoms with Crippen LogP contribution in [0, 0.1) is 10.1 Å². The minimum atomic E-state index is -1.58. The van der Waals surface area contributed by atoms with E-state index in [1.807, 2.05) is 0 Å². The number of carbonyl (C=O) groups is 5. The van der Waals surface area contributed by atoms with Crippen LogP contribution in [0.2, 0.25) is 0 Å². The first-order valence-corrected chi connectivity index (χ1v) is 10.2. The lowest BCUT2D eigenvalue weighted by atomic mass is 9.95. The fourth-order valence-corrected chi connectivity index (χ4v) is 3.32. The molecular formula is C21H24N2O12. The average molecular weight is 496 g/mol. The van der Waals surface area contributed by atoms with Crippen LogP contribution in [0.5, 0.6) is 0 Å². The van der Waals surface area contributed by atoms with Crippen molar-refractivity contribution in [1.82, 2.24) is 5.32 Å². The second-order valence-electron chi connectivity index (χ2n) is 7.41. The maximum Gasteiger partial charge on any atom is 0.305 e. The molecule has 190 valence electrons. The van der Waals surface area contributed by atoms with Crippen LogP contribution in [0.4, 0.5) is 5.69 Å². The molecule has 1 amide bonds. The van der Waals surface area contributed by atoms with Gasteiger partial charge in [0.15, 0.2) is 12.2 Å². The second kappa shape index (κ2) is 11.9. The first-order chi connectivity index (χ1) is 16.4. The molecular weight excluding hydrogens is 472 g/mol. The van der Waals surface area contributed by atoms with Gasteiger partial charge in [0.2, 0.25) is 6.29 Å². The molecule has 0 aliphatic carbocycles. The Balaban J connectivity index is 2.48. The van der Waals surface area contributed by atoms with Crippen LogP contribution in [0.3, 0.4) is 0 Å². The molecule has 14 nitrogen and oxygen atoms in total. The number of hydrogen-bond donors (Lipinski definition) is 1. The number of nitro groups is 1. The summed E-state index contributed by atoms with van der Waals surface area (Å²) in [7, 11) is 0. The molecule has 14 heteroatoms. The molecule has 5 atom stereocenters. The molecule has 0 radical (unpaired) electrons. The van der Waals surface area contributed by atoms with Gasteiger partial charge in [-0.05, 0) is 6.07 Å². The minimum absolute atomic E-state index is 0.131. The highest BCUT2D eigenvalue weighted by molar-refractivity contribution is 5.95. The minimum Gasteiger partial charge on any atom is -0.463 e. The summed E-state index contributed by atoms with van der Waals surface area (Å²) >= 11 is 0. The molecule has 1 aromatic rings. The van der Waals surface area contributed by atoms with E-state index in [-0.39, 0.29) is 11.3 Å². The second-order valence-corrected chi connectivity index (χ2v) is 7.41. The molecule has 1 heterocycles. The van der Waals surface area contributed by atoms with E-state index in [0.717, 1.165) is 33.8 Å². The van der Waals surface area contributed by atoms with Crippen LogP contribution >= 0.6 is 0 Å². The van der Waals surface area contributed by atoms with Crippen molar-refractivity contribution in [1.29, 1.82) is 0 Å². The van der Waals surface area contributed by atoms with Crippen LogP contribution in [0.25, 0.3) is 0 Å². The van der Waals surface area contributed by atoms with Gasteiger partial charge in [0.1, 0.15) is 18.8 Å². The van der Waals surface area contributed by atoms with Crippen molar-refractivity contribution in [3.63, 3.8) is 0 Å². The number of esters is 4. The van der Waals surface area contributed by atoms with Crippen molar-refractivity contribution >= 4 is 35.5 Å². The van der Waals surface area contributed by atoms with Crippen molar-refractivity contribution in [3.05, 3.63) is 39.9 Å². The number of hydrogen-bond acceptors (Lipinski definition) is 12. The predicted molar refractivity (Wildman–Crippen MR) is 113 cm³/mol.